The van der Waals surface area contributed by atoms with Crippen LogP contribution in [0.3, 0.4) is 0 Å². The Labute approximate surface area is 105 Å². The molecular formula is C12H19F2NO3. The first-order chi connectivity index (χ1) is 8.58. The van der Waals surface area contributed by atoms with E-state index < -0.39 is 24.5 Å². The Balaban J connectivity index is 2.00. The van der Waals surface area contributed by atoms with Gasteiger partial charge in [-0.3, -0.25) is 5.32 Å². The Morgan fingerprint density at radius 3 is 2.50 bits per heavy atom. The van der Waals surface area contributed by atoms with Crippen LogP contribution in [0.1, 0.15) is 25.7 Å². The number of nitrogens with one attached hydrogen (secondary N) is 1. The van der Waals surface area contributed by atoms with Gasteiger partial charge in [-0.1, -0.05) is 0 Å². The minimum atomic E-state index is -2.51. The molecule has 0 aromatic heterocycles. The lowest BCUT2D eigenvalue weighted by atomic mass is 9.94. The van der Waals surface area contributed by atoms with E-state index in [-0.39, 0.29) is 12.5 Å². The number of carbonyl (C=O) groups is 1. The molecule has 18 heavy (non-hydrogen) atoms. The summed E-state index contributed by atoms with van der Waals surface area (Å²) in [5.41, 5.74) is -0.926. The van der Waals surface area contributed by atoms with E-state index in [0.29, 0.717) is 6.04 Å². The lowest BCUT2D eigenvalue weighted by molar-refractivity contribution is -0.154. The number of esters is 1. The van der Waals surface area contributed by atoms with Gasteiger partial charge in [0.2, 0.25) is 0 Å². The Morgan fingerprint density at radius 2 is 2.06 bits per heavy atom. The van der Waals surface area contributed by atoms with Crippen molar-refractivity contribution in [2.24, 2.45) is 5.92 Å². The van der Waals surface area contributed by atoms with Gasteiger partial charge >= 0.3 is 5.97 Å². The van der Waals surface area contributed by atoms with Gasteiger partial charge in [-0.25, -0.2) is 13.6 Å². The maximum Gasteiger partial charge on any atom is 0.328 e. The van der Waals surface area contributed by atoms with Crippen LogP contribution >= 0.6 is 0 Å². The van der Waals surface area contributed by atoms with Gasteiger partial charge in [0.05, 0.1) is 13.7 Å². The third-order valence-corrected chi connectivity index (χ3v) is 3.44. The molecule has 0 radical (unpaired) electrons. The van der Waals surface area contributed by atoms with Crippen LogP contribution in [0, 0.1) is 5.92 Å². The third kappa shape index (κ3) is 3.17. The average Bonchev–Trinajstić information content (AvgIpc) is 3.17. The molecule has 6 heteroatoms. The van der Waals surface area contributed by atoms with Crippen molar-refractivity contribution in [1.82, 2.24) is 5.32 Å². The predicted molar refractivity (Wildman–Crippen MR) is 60.5 cm³/mol. The van der Waals surface area contributed by atoms with Crippen molar-refractivity contribution in [3.05, 3.63) is 0 Å². The summed E-state index contributed by atoms with van der Waals surface area (Å²) in [4.78, 5) is 12.0. The SMILES string of the molecule is COC(=O)C(COCC(F)F)(NC1CC1)C1CC1. The molecule has 2 saturated carbocycles. The molecule has 104 valence electrons. The second kappa shape index (κ2) is 5.48. The van der Waals surface area contributed by atoms with Crippen LogP contribution in [0.2, 0.25) is 0 Å². The highest BCUT2D eigenvalue weighted by Crippen LogP contribution is 2.42. The quantitative estimate of drug-likeness (QED) is 0.671. The fraction of sp³-hybridized carbons (Fsp3) is 0.917. The first kappa shape index (κ1) is 13.7. The van der Waals surface area contributed by atoms with Crippen LogP contribution in [-0.2, 0) is 14.3 Å². The first-order valence-electron chi connectivity index (χ1n) is 6.30. The topological polar surface area (TPSA) is 47.6 Å². The van der Waals surface area contributed by atoms with Gasteiger partial charge in [-0.2, -0.15) is 0 Å². The van der Waals surface area contributed by atoms with Gasteiger partial charge in [0.15, 0.2) is 0 Å². The minimum Gasteiger partial charge on any atom is -0.468 e. The summed E-state index contributed by atoms with van der Waals surface area (Å²) in [6.07, 6.45) is 1.33. The number of ether oxygens (including phenoxy) is 2. The molecule has 4 nitrogen and oxygen atoms in total. The van der Waals surface area contributed by atoms with Crippen LogP contribution in [0.4, 0.5) is 8.78 Å². The highest BCUT2D eigenvalue weighted by Gasteiger charge is 2.54. The molecule has 0 aromatic rings. The van der Waals surface area contributed by atoms with E-state index in [2.05, 4.69) is 5.32 Å². The monoisotopic (exact) mass is 263 g/mol. The summed E-state index contributed by atoms with van der Waals surface area (Å²) in [5, 5.41) is 3.25. The molecule has 2 rings (SSSR count). The smallest absolute Gasteiger partial charge is 0.328 e. The average molecular weight is 263 g/mol. The van der Waals surface area contributed by atoms with Gasteiger partial charge in [0.25, 0.3) is 6.43 Å². The van der Waals surface area contributed by atoms with Gasteiger partial charge in [-0.05, 0) is 31.6 Å². The summed E-state index contributed by atoms with van der Waals surface area (Å²) in [6, 6.07) is 0.292. The van der Waals surface area contributed by atoms with Crippen LogP contribution < -0.4 is 5.32 Å². The molecule has 0 amide bonds. The Morgan fingerprint density at radius 1 is 1.39 bits per heavy atom. The van der Waals surface area contributed by atoms with E-state index in [4.69, 9.17) is 9.47 Å². The molecular weight excluding hydrogens is 244 g/mol. The summed E-state index contributed by atoms with van der Waals surface area (Å²) < 4.78 is 34.1. The van der Waals surface area contributed by atoms with Crippen LogP contribution in [0.5, 0.6) is 0 Å². The number of carbonyl (C=O) groups excluding carboxylic acids is 1. The second-order valence-corrected chi connectivity index (χ2v) is 5.06. The zero-order chi connectivity index (χ0) is 13.2. The summed E-state index contributed by atoms with van der Waals surface area (Å²) in [7, 11) is 1.32. The third-order valence-electron chi connectivity index (χ3n) is 3.44. The van der Waals surface area contributed by atoms with E-state index in [1.165, 1.54) is 7.11 Å². The summed E-state index contributed by atoms with van der Waals surface area (Å²) in [5.74, 6) is -0.255. The highest BCUT2D eigenvalue weighted by atomic mass is 19.3. The van der Waals surface area contributed by atoms with Crippen molar-refractivity contribution in [2.75, 3.05) is 20.3 Å². The van der Waals surface area contributed by atoms with Gasteiger partial charge in [0, 0.05) is 6.04 Å². The number of halogens is 2. The molecule has 1 unspecified atom stereocenters. The molecule has 2 aliphatic rings. The minimum absolute atomic E-state index is 0.0365. The van der Waals surface area contributed by atoms with Gasteiger partial charge < -0.3 is 9.47 Å². The maximum absolute atomic E-state index is 12.1. The summed E-state index contributed by atoms with van der Waals surface area (Å²) in [6.45, 7) is -0.678. The van der Waals surface area contributed by atoms with Gasteiger partial charge in [0.1, 0.15) is 12.1 Å². The number of alkyl halides is 2. The number of methoxy groups -OCH3 is 1. The Hall–Kier alpha value is -0.750. The molecule has 0 aromatic carbocycles. The van der Waals surface area contributed by atoms with Crippen LogP contribution in [0.25, 0.3) is 0 Å². The van der Waals surface area contributed by atoms with Crippen LogP contribution in [-0.4, -0.2) is 44.3 Å². The van der Waals surface area contributed by atoms with Crippen molar-refractivity contribution >= 4 is 5.97 Å². The van der Waals surface area contributed by atoms with Crippen LogP contribution in [0.15, 0.2) is 0 Å². The van der Waals surface area contributed by atoms with E-state index in [1.807, 2.05) is 0 Å². The second-order valence-electron chi connectivity index (χ2n) is 5.06. The number of hydrogen-bond donors (Lipinski definition) is 1. The fourth-order valence-electron chi connectivity index (χ4n) is 2.22. The lowest BCUT2D eigenvalue weighted by Gasteiger charge is -2.32. The Kier molecular flexibility index (Phi) is 4.17. The lowest BCUT2D eigenvalue weighted by Crippen LogP contribution is -2.59. The molecule has 2 aliphatic carbocycles. The summed E-state index contributed by atoms with van der Waals surface area (Å²) >= 11 is 0. The molecule has 1 atom stereocenters. The highest BCUT2D eigenvalue weighted by molar-refractivity contribution is 5.82. The number of rotatable bonds is 8. The van der Waals surface area contributed by atoms with E-state index in [0.717, 1.165) is 25.7 Å². The maximum atomic E-state index is 12.1. The standard InChI is InChI=1S/C12H19F2NO3/c1-17-11(16)12(8-2-3-8,15-9-4-5-9)7-18-6-10(13)14/h8-10,15H,2-7H2,1H3. The molecule has 2 fully saturated rings. The van der Waals surface area contributed by atoms with Crippen molar-refractivity contribution in [3.8, 4) is 0 Å². The van der Waals surface area contributed by atoms with Gasteiger partial charge in [-0.15, -0.1) is 0 Å². The van der Waals surface area contributed by atoms with E-state index in [9.17, 15) is 13.6 Å². The predicted octanol–water partition coefficient (Wildman–Crippen LogP) is 1.34. The Bertz CT molecular complexity index is 306. The first-order valence-corrected chi connectivity index (χ1v) is 6.30. The number of hydrogen-bond acceptors (Lipinski definition) is 4. The molecule has 0 aliphatic heterocycles. The normalized spacial score (nSPS) is 22.9. The van der Waals surface area contributed by atoms with Crippen molar-refractivity contribution in [3.63, 3.8) is 0 Å². The fourth-order valence-corrected chi connectivity index (χ4v) is 2.22. The van der Waals surface area contributed by atoms with Crippen molar-refractivity contribution in [1.29, 1.82) is 0 Å². The van der Waals surface area contributed by atoms with Crippen molar-refractivity contribution < 1.29 is 23.0 Å². The molecule has 0 saturated heterocycles. The largest absolute Gasteiger partial charge is 0.468 e. The van der Waals surface area contributed by atoms with E-state index >= 15 is 0 Å². The molecule has 0 spiro atoms. The molecule has 1 N–H and O–H groups in total. The zero-order valence-electron chi connectivity index (χ0n) is 10.5. The van der Waals surface area contributed by atoms with Crippen molar-refractivity contribution in [2.45, 2.75) is 43.7 Å². The zero-order valence-corrected chi connectivity index (χ0v) is 10.5. The van der Waals surface area contributed by atoms with E-state index in [1.54, 1.807) is 0 Å². The molecule has 0 bridgehead atoms. The molecule has 0 heterocycles.